The molecule has 1 aromatic heterocycles. The van der Waals surface area contributed by atoms with Gasteiger partial charge in [0.2, 0.25) is 0 Å². The van der Waals surface area contributed by atoms with Crippen LogP contribution in [0.25, 0.3) is 11.3 Å². The van der Waals surface area contributed by atoms with Gasteiger partial charge in [-0.05, 0) is 12.1 Å². The van der Waals surface area contributed by atoms with Crippen LogP contribution in [-0.4, -0.2) is 64.9 Å². The van der Waals surface area contributed by atoms with Crippen LogP contribution < -0.4 is 10.1 Å². The summed E-state index contributed by atoms with van der Waals surface area (Å²) in [4.78, 5) is 25.5. The summed E-state index contributed by atoms with van der Waals surface area (Å²) in [5.41, 5.74) is 1.78. The molecule has 3 N–H and O–H groups in total. The number of amides is 1. The summed E-state index contributed by atoms with van der Waals surface area (Å²) in [6, 6.07) is 6.55. The predicted octanol–water partition coefficient (Wildman–Crippen LogP) is 0.584. The van der Waals surface area contributed by atoms with Gasteiger partial charge < -0.3 is 20.1 Å². The fourth-order valence-corrected chi connectivity index (χ4v) is 2.72. The van der Waals surface area contributed by atoms with Crippen molar-refractivity contribution in [3.05, 3.63) is 36.0 Å². The van der Waals surface area contributed by atoms with E-state index in [9.17, 15) is 9.59 Å². The minimum Gasteiger partial charge on any atom is -0.497 e. The molecular formula is C16H18N4O4. The minimum absolute atomic E-state index is 0.122. The molecule has 8 heteroatoms. The highest BCUT2D eigenvalue weighted by molar-refractivity contribution is 6.00. The van der Waals surface area contributed by atoms with Gasteiger partial charge in [0.1, 0.15) is 11.8 Å². The monoisotopic (exact) mass is 330 g/mol. The van der Waals surface area contributed by atoms with E-state index < -0.39 is 12.0 Å². The van der Waals surface area contributed by atoms with Gasteiger partial charge in [-0.2, -0.15) is 5.10 Å². The number of piperazine rings is 1. The van der Waals surface area contributed by atoms with Crippen LogP contribution in [0.4, 0.5) is 0 Å². The topological polar surface area (TPSA) is 108 Å². The number of benzene rings is 1. The van der Waals surface area contributed by atoms with E-state index in [4.69, 9.17) is 9.84 Å². The van der Waals surface area contributed by atoms with Gasteiger partial charge in [-0.15, -0.1) is 0 Å². The van der Waals surface area contributed by atoms with Crippen LogP contribution in [0.2, 0.25) is 0 Å². The van der Waals surface area contributed by atoms with Crippen molar-refractivity contribution < 1.29 is 19.4 Å². The largest absolute Gasteiger partial charge is 0.497 e. The zero-order valence-corrected chi connectivity index (χ0v) is 13.2. The van der Waals surface area contributed by atoms with Gasteiger partial charge >= 0.3 is 5.97 Å². The summed E-state index contributed by atoms with van der Waals surface area (Å²) < 4.78 is 5.21. The number of H-pyrrole nitrogens is 1. The maximum atomic E-state index is 12.8. The number of aromatic nitrogens is 2. The molecule has 1 fully saturated rings. The van der Waals surface area contributed by atoms with Crippen LogP contribution in [0.15, 0.2) is 30.5 Å². The van der Waals surface area contributed by atoms with Gasteiger partial charge in [0.25, 0.3) is 5.91 Å². The third kappa shape index (κ3) is 3.09. The summed E-state index contributed by atoms with van der Waals surface area (Å²) in [7, 11) is 1.57. The average molecular weight is 330 g/mol. The summed E-state index contributed by atoms with van der Waals surface area (Å²) >= 11 is 0. The lowest BCUT2D eigenvalue weighted by Crippen LogP contribution is -2.55. The molecule has 8 nitrogen and oxygen atoms in total. The number of nitrogens with one attached hydrogen (secondary N) is 2. The zero-order valence-electron chi connectivity index (χ0n) is 13.2. The molecule has 1 aliphatic heterocycles. The fourth-order valence-electron chi connectivity index (χ4n) is 2.72. The lowest BCUT2D eigenvalue weighted by atomic mass is 10.1. The second-order valence-electron chi connectivity index (χ2n) is 5.49. The lowest BCUT2D eigenvalue weighted by Gasteiger charge is -2.31. The number of rotatable bonds is 4. The molecule has 2 heterocycles. The molecule has 0 spiro atoms. The second kappa shape index (κ2) is 6.71. The third-order valence-electron chi connectivity index (χ3n) is 3.99. The third-order valence-corrected chi connectivity index (χ3v) is 3.99. The van der Waals surface area contributed by atoms with Crippen molar-refractivity contribution in [1.29, 1.82) is 0 Å². The predicted molar refractivity (Wildman–Crippen MR) is 85.9 cm³/mol. The van der Waals surface area contributed by atoms with Crippen LogP contribution >= 0.6 is 0 Å². The highest BCUT2D eigenvalue weighted by Crippen LogP contribution is 2.26. The number of aromatic amines is 1. The van der Waals surface area contributed by atoms with Gasteiger partial charge in [-0.3, -0.25) is 14.7 Å². The number of nitrogens with zero attached hydrogens (tertiary/aromatic N) is 2. The molecule has 24 heavy (non-hydrogen) atoms. The molecule has 1 aliphatic rings. The number of carbonyl (C=O) groups is 2. The summed E-state index contributed by atoms with van der Waals surface area (Å²) in [6.07, 6.45) is 1.47. The molecule has 1 atom stereocenters. The Morgan fingerprint density at radius 3 is 3.00 bits per heavy atom. The molecule has 1 saturated heterocycles. The SMILES string of the molecule is COc1cccc(-c2[nH]ncc2C(=O)N2CCNC(C(=O)O)C2)c1. The molecular weight excluding hydrogens is 312 g/mol. The van der Waals surface area contributed by atoms with E-state index in [1.54, 1.807) is 7.11 Å². The Balaban J connectivity index is 1.86. The van der Waals surface area contributed by atoms with E-state index >= 15 is 0 Å². The van der Waals surface area contributed by atoms with E-state index in [1.165, 1.54) is 11.1 Å². The van der Waals surface area contributed by atoms with Crippen molar-refractivity contribution in [2.24, 2.45) is 0 Å². The van der Waals surface area contributed by atoms with E-state index in [0.717, 1.165) is 5.56 Å². The number of carboxylic acids is 1. The van der Waals surface area contributed by atoms with E-state index in [1.807, 2.05) is 24.3 Å². The van der Waals surface area contributed by atoms with Crippen molar-refractivity contribution in [2.45, 2.75) is 6.04 Å². The summed E-state index contributed by atoms with van der Waals surface area (Å²) in [5, 5.41) is 18.8. The first-order chi connectivity index (χ1) is 11.6. The average Bonchev–Trinajstić information content (AvgIpc) is 3.11. The normalized spacial score (nSPS) is 17.5. The van der Waals surface area contributed by atoms with Gasteiger partial charge in [0.15, 0.2) is 0 Å². The molecule has 2 aromatic rings. The first-order valence-electron chi connectivity index (χ1n) is 7.53. The molecule has 1 aromatic carbocycles. The number of aliphatic carboxylic acids is 1. The Morgan fingerprint density at radius 2 is 2.25 bits per heavy atom. The molecule has 0 radical (unpaired) electrons. The van der Waals surface area contributed by atoms with Gasteiger partial charge in [-0.25, -0.2) is 0 Å². The highest BCUT2D eigenvalue weighted by atomic mass is 16.5. The number of hydrogen-bond donors (Lipinski definition) is 3. The number of carboxylic acid groups (broad SMARTS) is 1. The second-order valence-corrected chi connectivity index (χ2v) is 5.49. The molecule has 1 unspecified atom stereocenters. The lowest BCUT2D eigenvalue weighted by molar-refractivity contribution is -0.140. The number of ether oxygens (including phenoxy) is 1. The summed E-state index contributed by atoms with van der Waals surface area (Å²) in [6.45, 7) is 1.01. The van der Waals surface area contributed by atoms with Crippen molar-refractivity contribution in [3.8, 4) is 17.0 Å². The molecule has 3 rings (SSSR count). The molecule has 126 valence electrons. The van der Waals surface area contributed by atoms with E-state index in [2.05, 4.69) is 15.5 Å². The van der Waals surface area contributed by atoms with Gasteiger partial charge in [0.05, 0.1) is 24.6 Å². The Labute approximate surface area is 138 Å². The van der Waals surface area contributed by atoms with Crippen LogP contribution in [0, 0.1) is 0 Å². The Hall–Kier alpha value is -2.87. The van der Waals surface area contributed by atoms with E-state index in [0.29, 0.717) is 30.1 Å². The Bertz CT molecular complexity index is 758. The molecule has 1 amide bonds. The Kier molecular flexibility index (Phi) is 4.48. The van der Waals surface area contributed by atoms with Crippen LogP contribution in [0.1, 0.15) is 10.4 Å². The Morgan fingerprint density at radius 1 is 1.42 bits per heavy atom. The summed E-state index contributed by atoms with van der Waals surface area (Å²) in [5.74, 6) is -0.532. The minimum atomic E-state index is -0.965. The first-order valence-corrected chi connectivity index (χ1v) is 7.53. The molecule has 0 saturated carbocycles. The zero-order chi connectivity index (χ0) is 17.1. The number of methoxy groups -OCH3 is 1. The smallest absolute Gasteiger partial charge is 0.322 e. The number of hydrogen-bond acceptors (Lipinski definition) is 5. The first kappa shape index (κ1) is 16.0. The van der Waals surface area contributed by atoms with Crippen LogP contribution in [0.3, 0.4) is 0 Å². The molecule has 0 bridgehead atoms. The van der Waals surface area contributed by atoms with Crippen molar-refractivity contribution in [2.75, 3.05) is 26.7 Å². The highest BCUT2D eigenvalue weighted by Gasteiger charge is 2.30. The van der Waals surface area contributed by atoms with Crippen LogP contribution in [0.5, 0.6) is 5.75 Å². The fraction of sp³-hybridized carbons (Fsp3) is 0.312. The van der Waals surface area contributed by atoms with Crippen LogP contribution in [-0.2, 0) is 4.79 Å². The quantitative estimate of drug-likeness (QED) is 0.757. The maximum absolute atomic E-state index is 12.8. The van der Waals surface area contributed by atoms with Gasteiger partial charge in [-0.1, -0.05) is 12.1 Å². The van der Waals surface area contributed by atoms with Crippen molar-refractivity contribution in [1.82, 2.24) is 20.4 Å². The van der Waals surface area contributed by atoms with E-state index in [-0.39, 0.29) is 12.5 Å². The van der Waals surface area contributed by atoms with Gasteiger partial charge in [0, 0.05) is 25.2 Å². The molecule has 0 aliphatic carbocycles. The maximum Gasteiger partial charge on any atom is 0.322 e. The standard InChI is InChI=1S/C16H18N4O4/c1-24-11-4-2-3-10(7-11)14-12(8-18-19-14)15(21)20-6-5-17-13(9-20)16(22)23/h2-4,7-8,13,17H,5-6,9H2,1H3,(H,18,19)(H,22,23). The van der Waals surface area contributed by atoms with Crippen molar-refractivity contribution in [3.63, 3.8) is 0 Å². The van der Waals surface area contributed by atoms with Crippen molar-refractivity contribution >= 4 is 11.9 Å². The number of carbonyl (C=O) groups excluding carboxylic acids is 1.